The first-order valence-electron chi connectivity index (χ1n) is 6.47. The summed E-state index contributed by atoms with van der Waals surface area (Å²) in [5, 5.41) is 4.52. The van der Waals surface area contributed by atoms with E-state index in [2.05, 4.69) is 32.2 Å². The minimum atomic E-state index is 0.452. The zero-order valence-electron chi connectivity index (χ0n) is 11.5. The number of ether oxygens (including phenoxy) is 1. The molecule has 1 heterocycles. The van der Waals surface area contributed by atoms with Crippen molar-refractivity contribution < 1.29 is 9.15 Å². The second-order valence-electron chi connectivity index (χ2n) is 4.74. The average Bonchev–Trinajstić information content (AvgIpc) is 2.73. The van der Waals surface area contributed by atoms with E-state index in [9.17, 15) is 0 Å². The minimum absolute atomic E-state index is 0.452. The summed E-state index contributed by atoms with van der Waals surface area (Å²) in [6, 6.07) is 6.03. The van der Waals surface area contributed by atoms with Gasteiger partial charge in [0.05, 0.1) is 13.7 Å². The van der Waals surface area contributed by atoms with Crippen molar-refractivity contribution in [3.63, 3.8) is 0 Å². The van der Waals surface area contributed by atoms with Crippen LogP contribution in [-0.2, 0) is 6.54 Å². The van der Waals surface area contributed by atoms with E-state index in [0.29, 0.717) is 5.92 Å². The minimum Gasteiger partial charge on any atom is -0.497 e. The molecule has 0 spiro atoms. The number of benzene rings is 1. The third-order valence-electron chi connectivity index (χ3n) is 3.13. The third kappa shape index (κ3) is 2.36. The number of rotatable bonds is 5. The van der Waals surface area contributed by atoms with Crippen LogP contribution in [0.15, 0.2) is 22.6 Å². The highest BCUT2D eigenvalue weighted by Gasteiger charge is 2.16. The second kappa shape index (κ2) is 5.44. The first kappa shape index (κ1) is 13.0. The average molecular weight is 247 g/mol. The monoisotopic (exact) mass is 247 g/mol. The van der Waals surface area contributed by atoms with Gasteiger partial charge >= 0.3 is 0 Å². The third-order valence-corrected chi connectivity index (χ3v) is 3.13. The summed E-state index contributed by atoms with van der Waals surface area (Å²) in [7, 11) is 1.67. The van der Waals surface area contributed by atoms with Gasteiger partial charge in [-0.3, -0.25) is 0 Å². The van der Waals surface area contributed by atoms with Gasteiger partial charge in [-0.2, -0.15) is 0 Å². The van der Waals surface area contributed by atoms with Crippen molar-refractivity contribution >= 4 is 11.0 Å². The van der Waals surface area contributed by atoms with Crippen molar-refractivity contribution in [3.8, 4) is 5.75 Å². The Morgan fingerprint density at radius 1 is 1.33 bits per heavy atom. The Morgan fingerprint density at radius 2 is 2.11 bits per heavy atom. The second-order valence-corrected chi connectivity index (χ2v) is 4.74. The largest absolute Gasteiger partial charge is 0.497 e. The summed E-state index contributed by atoms with van der Waals surface area (Å²) in [6.45, 7) is 8.22. The standard InChI is InChI=1S/C15H21NO2/c1-5-16-9-14-15(10(2)3)12-7-6-11(17-4)8-13(12)18-14/h6-8,10,16H,5,9H2,1-4H3. The lowest BCUT2D eigenvalue weighted by Gasteiger charge is -2.06. The van der Waals surface area contributed by atoms with Crippen LogP contribution in [0.1, 0.15) is 38.0 Å². The lowest BCUT2D eigenvalue weighted by atomic mass is 9.99. The number of furan rings is 1. The molecule has 0 aliphatic rings. The number of fused-ring (bicyclic) bond motifs is 1. The molecule has 2 rings (SSSR count). The quantitative estimate of drug-likeness (QED) is 0.875. The fourth-order valence-corrected chi connectivity index (χ4v) is 2.28. The Morgan fingerprint density at radius 3 is 2.72 bits per heavy atom. The zero-order chi connectivity index (χ0) is 13.1. The van der Waals surface area contributed by atoms with Gasteiger partial charge in [0.25, 0.3) is 0 Å². The van der Waals surface area contributed by atoms with E-state index in [0.717, 1.165) is 30.2 Å². The van der Waals surface area contributed by atoms with Gasteiger partial charge in [-0.05, 0) is 24.6 Å². The lowest BCUT2D eigenvalue weighted by molar-refractivity contribution is 0.414. The molecule has 0 atom stereocenters. The van der Waals surface area contributed by atoms with E-state index in [1.54, 1.807) is 7.11 Å². The van der Waals surface area contributed by atoms with Gasteiger partial charge in [-0.15, -0.1) is 0 Å². The summed E-state index contributed by atoms with van der Waals surface area (Å²) in [5.74, 6) is 2.32. The Hall–Kier alpha value is -1.48. The number of nitrogens with one attached hydrogen (secondary N) is 1. The molecule has 1 N–H and O–H groups in total. The van der Waals surface area contributed by atoms with Crippen LogP contribution >= 0.6 is 0 Å². The molecule has 2 aromatic rings. The van der Waals surface area contributed by atoms with Gasteiger partial charge in [0.2, 0.25) is 0 Å². The maximum Gasteiger partial charge on any atom is 0.138 e. The summed E-state index contributed by atoms with van der Waals surface area (Å²) >= 11 is 0. The van der Waals surface area contributed by atoms with Crippen molar-refractivity contribution in [1.82, 2.24) is 5.32 Å². The molecule has 0 unspecified atom stereocenters. The normalized spacial score (nSPS) is 11.4. The van der Waals surface area contributed by atoms with Crippen molar-refractivity contribution in [1.29, 1.82) is 0 Å². The molecule has 0 fully saturated rings. The molecule has 1 aromatic heterocycles. The summed E-state index contributed by atoms with van der Waals surface area (Å²) in [4.78, 5) is 0. The van der Waals surface area contributed by atoms with Gasteiger partial charge in [-0.25, -0.2) is 0 Å². The maximum absolute atomic E-state index is 5.96. The molecule has 3 heteroatoms. The van der Waals surface area contributed by atoms with Gasteiger partial charge in [0.15, 0.2) is 0 Å². The molecular weight excluding hydrogens is 226 g/mol. The van der Waals surface area contributed by atoms with Crippen LogP contribution in [-0.4, -0.2) is 13.7 Å². The van der Waals surface area contributed by atoms with Gasteiger partial charge in [-0.1, -0.05) is 20.8 Å². The molecule has 0 saturated carbocycles. The molecule has 1 aromatic carbocycles. The molecular formula is C15H21NO2. The molecule has 0 bridgehead atoms. The van der Waals surface area contributed by atoms with E-state index >= 15 is 0 Å². The maximum atomic E-state index is 5.96. The molecule has 0 amide bonds. The fraction of sp³-hybridized carbons (Fsp3) is 0.467. The fourth-order valence-electron chi connectivity index (χ4n) is 2.28. The number of hydrogen-bond acceptors (Lipinski definition) is 3. The highest BCUT2D eigenvalue weighted by Crippen LogP contribution is 2.33. The smallest absolute Gasteiger partial charge is 0.138 e. The van der Waals surface area contributed by atoms with E-state index in [1.165, 1.54) is 10.9 Å². The number of hydrogen-bond donors (Lipinski definition) is 1. The molecule has 0 saturated heterocycles. The Kier molecular flexibility index (Phi) is 3.92. The van der Waals surface area contributed by atoms with Crippen LogP contribution in [0.2, 0.25) is 0 Å². The molecule has 0 aliphatic carbocycles. The highest BCUT2D eigenvalue weighted by molar-refractivity contribution is 5.84. The van der Waals surface area contributed by atoms with Crippen molar-refractivity contribution in [2.45, 2.75) is 33.2 Å². The van der Waals surface area contributed by atoms with Gasteiger partial charge < -0.3 is 14.5 Å². The van der Waals surface area contributed by atoms with Crippen LogP contribution in [0, 0.1) is 0 Å². The van der Waals surface area contributed by atoms with Gasteiger partial charge in [0.1, 0.15) is 17.1 Å². The van der Waals surface area contributed by atoms with Crippen molar-refractivity contribution in [2.24, 2.45) is 0 Å². The zero-order valence-corrected chi connectivity index (χ0v) is 11.5. The first-order valence-corrected chi connectivity index (χ1v) is 6.47. The van der Waals surface area contributed by atoms with Crippen LogP contribution in [0.3, 0.4) is 0 Å². The van der Waals surface area contributed by atoms with Crippen LogP contribution < -0.4 is 10.1 Å². The highest BCUT2D eigenvalue weighted by atomic mass is 16.5. The summed E-state index contributed by atoms with van der Waals surface area (Å²) < 4.78 is 11.2. The van der Waals surface area contributed by atoms with Crippen molar-refractivity contribution in [3.05, 3.63) is 29.5 Å². The molecule has 98 valence electrons. The Balaban J connectivity index is 2.51. The van der Waals surface area contributed by atoms with Crippen LogP contribution in [0.5, 0.6) is 5.75 Å². The Bertz CT molecular complexity index is 529. The van der Waals surface area contributed by atoms with E-state index in [4.69, 9.17) is 9.15 Å². The summed E-state index contributed by atoms with van der Waals surface area (Å²) in [6.07, 6.45) is 0. The van der Waals surface area contributed by atoms with Crippen molar-refractivity contribution in [2.75, 3.05) is 13.7 Å². The topological polar surface area (TPSA) is 34.4 Å². The lowest BCUT2D eigenvalue weighted by Crippen LogP contribution is -2.12. The van der Waals surface area contributed by atoms with Crippen LogP contribution in [0.25, 0.3) is 11.0 Å². The molecule has 3 nitrogen and oxygen atoms in total. The summed E-state index contributed by atoms with van der Waals surface area (Å²) in [5.41, 5.74) is 2.21. The predicted molar refractivity (Wildman–Crippen MR) is 74.2 cm³/mol. The van der Waals surface area contributed by atoms with Gasteiger partial charge in [0, 0.05) is 17.0 Å². The molecule has 0 aliphatic heterocycles. The number of methoxy groups -OCH3 is 1. The SMILES string of the molecule is CCNCc1oc2cc(OC)ccc2c1C(C)C. The van der Waals surface area contributed by atoms with Crippen LogP contribution in [0.4, 0.5) is 0 Å². The first-order chi connectivity index (χ1) is 8.67. The molecule has 0 radical (unpaired) electrons. The molecule has 18 heavy (non-hydrogen) atoms. The van der Waals surface area contributed by atoms with E-state index in [1.807, 2.05) is 12.1 Å². The van der Waals surface area contributed by atoms with E-state index < -0.39 is 0 Å². The van der Waals surface area contributed by atoms with E-state index in [-0.39, 0.29) is 0 Å². The Labute approximate surface area is 108 Å². The predicted octanol–water partition coefficient (Wildman–Crippen LogP) is 3.67.